The number of hydrogen-bond donors (Lipinski definition) is 2. The molecule has 1 amide bonds. The predicted molar refractivity (Wildman–Crippen MR) is 96.9 cm³/mol. The van der Waals surface area contributed by atoms with Crippen LogP contribution in [0.25, 0.3) is 0 Å². The van der Waals surface area contributed by atoms with Gasteiger partial charge in [-0.25, -0.2) is 22.2 Å². The number of carbonyl (C=O) groups excluding carboxylic acids is 1. The van der Waals surface area contributed by atoms with Crippen molar-refractivity contribution in [3.63, 3.8) is 0 Å². The van der Waals surface area contributed by atoms with Crippen molar-refractivity contribution in [3.8, 4) is 0 Å². The van der Waals surface area contributed by atoms with Crippen LogP contribution in [0.1, 0.15) is 15.9 Å². The van der Waals surface area contributed by atoms with Crippen molar-refractivity contribution < 1.29 is 22.0 Å². The Morgan fingerprint density at radius 3 is 2.44 bits per heavy atom. The van der Waals surface area contributed by atoms with Crippen molar-refractivity contribution in [1.29, 1.82) is 0 Å². The minimum absolute atomic E-state index is 0.152. The molecule has 0 bridgehead atoms. The Labute approximate surface area is 157 Å². The van der Waals surface area contributed by atoms with E-state index in [1.807, 2.05) is 0 Å². The van der Waals surface area contributed by atoms with E-state index in [1.165, 1.54) is 36.5 Å². The average Bonchev–Trinajstić information content (AvgIpc) is 3.13. The van der Waals surface area contributed by atoms with Crippen LogP contribution in [-0.2, 0) is 16.6 Å². The maximum absolute atomic E-state index is 13.7. The summed E-state index contributed by atoms with van der Waals surface area (Å²) >= 11 is 1.08. The molecule has 0 radical (unpaired) electrons. The van der Waals surface area contributed by atoms with Crippen molar-refractivity contribution in [1.82, 2.24) is 10.3 Å². The highest BCUT2D eigenvalue weighted by molar-refractivity contribution is 7.93. The van der Waals surface area contributed by atoms with Crippen molar-refractivity contribution in [3.05, 3.63) is 76.8 Å². The minimum atomic E-state index is -4.07. The summed E-state index contributed by atoms with van der Waals surface area (Å²) in [4.78, 5) is 16.0. The molecule has 6 nitrogen and oxygen atoms in total. The van der Waals surface area contributed by atoms with Crippen LogP contribution in [0.15, 0.2) is 58.9 Å². The number of halogens is 2. The molecule has 1 heterocycles. The van der Waals surface area contributed by atoms with E-state index in [4.69, 9.17) is 0 Å². The third-order valence-corrected chi connectivity index (χ3v) is 5.78. The summed E-state index contributed by atoms with van der Waals surface area (Å²) in [6, 6.07) is 8.87. The lowest BCUT2D eigenvalue weighted by atomic mass is 10.1. The highest BCUT2D eigenvalue weighted by atomic mass is 32.2. The molecular weight excluding hydrogens is 396 g/mol. The van der Waals surface area contributed by atoms with E-state index in [-0.39, 0.29) is 21.2 Å². The molecule has 0 aliphatic carbocycles. The van der Waals surface area contributed by atoms with Gasteiger partial charge in [-0.05, 0) is 24.3 Å². The maximum atomic E-state index is 13.7. The zero-order valence-electron chi connectivity index (χ0n) is 13.6. The second-order valence-corrected chi connectivity index (χ2v) is 7.87. The molecule has 0 aliphatic heterocycles. The van der Waals surface area contributed by atoms with Gasteiger partial charge in [0.05, 0.1) is 5.56 Å². The van der Waals surface area contributed by atoms with Gasteiger partial charge in [0, 0.05) is 23.7 Å². The molecule has 10 heteroatoms. The van der Waals surface area contributed by atoms with Gasteiger partial charge in [-0.1, -0.05) is 18.2 Å². The van der Waals surface area contributed by atoms with Crippen LogP contribution in [-0.4, -0.2) is 19.3 Å². The number of carbonyl (C=O) groups is 1. The molecule has 0 unspecified atom stereocenters. The predicted octanol–water partition coefficient (Wildman–Crippen LogP) is 3.15. The molecule has 140 valence electrons. The summed E-state index contributed by atoms with van der Waals surface area (Å²) in [5.74, 6) is -2.39. The molecular formula is C17H13F2N3O3S2. The minimum Gasteiger partial charge on any atom is -0.348 e. The summed E-state index contributed by atoms with van der Waals surface area (Å²) in [6.07, 6.45) is 1.43. The molecule has 0 aliphatic rings. The number of sulfonamides is 1. The van der Waals surface area contributed by atoms with Gasteiger partial charge in [0.2, 0.25) is 0 Å². The zero-order valence-corrected chi connectivity index (χ0v) is 15.3. The molecule has 0 fully saturated rings. The number of benzene rings is 2. The maximum Gasteiger partial charge on any atom is 0.264 e. The van der Waals surface area contributed by atoms with E-state index in [9.17, 15) is 22.0 Å². The van der Waals surface area contributed by atoms with E-state index >= 15 is 0 Å². The lowest BCUT2D eigenvalue weighted by Gasteiger charge is -2.12. The number of nitrogens with one attached hydrogen (secondary N) is 2. The van der Waals surface area contributed by atoms with Crippen LogP contribution in [0.3, 0.4) is 0 Å². The standard InChI is InChI=1S/C17H13F2N3O3S2/c18-13-5-3-6-14(19)12(13)10-21-16(23)11-4-1-2-7-15(11)27(24,25)22-17-20-8-9-26-17/h1-9H,10H2,(H,20,22)(H,21,23). The Morgan fingerprint density at radius 1 is 1.07 bits per heavy atom. The summed E-state index contributed by atoms with van der Waals surface area (Å²) in [6.45, 7) is -0.425. The molecule has 3 aromatic rings. The second-order valence-electron chi connectivity index (χ2n) is 5.32. The number of aromatic nitrogens is 1. The normalized spacial score (nSPS) is 11.2. The summed E-state index contributed by atoms with van der Waals surface area (Å²) in [5.41, 5.74) is -0.467. The molecule has 0 spiro atoms. The van der Waals surface area contributed by atoms with E-state index in [0.29, 0.717) is 0 Å². The van der Waals surface area contributed by atoms with Gasteiger partial charge in [0.15, 0.2) is 5.13 Å². The van der Waals surface area contributed by atoms with E-state index < -0.39 is 34.1 Å². The van der Waals surface area contributed by atoms with Crippen molar-refractivity contribution >= 4 is 32.4 Å². The Kier molecular flexibility index (Phi) is 5.47. The number of hydrogen-bond acceptors (Lipinski definition) is 5. The SMILES string of the molecule is O=C(NCc1c(F)cccc1F)c1ccccc1S(=O)(=O)Nc1nccs1. The van der Waals surface area contributed by atoms with Gasteiger partial charge in [-0.15, -0.1) is 11.3 Å². The van der Waals surface area contributed by atoms with E-state index in [0.717, 1.165) is 23.5 Å². The van der Waals surface area contributed by atoms with Gasteiger partial charge < -0.3 is 5.32 Å². The highest BCUT2D eigenvalue weighted by Crippen LogP contribution is 2.21. The summed E-state index contributed by atoms with van der Waals surface area (Å²) in [5, 5.41) is 4.09. The highest BCUT2D eigenvalue weighted by Gasteiger charge is 2.23. The molecule has 0 atom stereocenters. The Balaban J connectivity index is 1.84. The molecule has 0 saturated carbocycles. The van der Waals surface area contributed by atoms with Gasteiger partial charge in [0.25, 0.3) is 15.9 Å². The average molecular weight is 409 g/mol. The number of rotatable bonds is 6. The Hall–Kier alpha value is -2.85. The van der Waals surface area contributed by atoms with Crippen LogP contribution in [0.2, 0.25) is 0 Å². The van der Waals surface area contributed by atoms with Crippen molar-refractivity contribution in [2.45, 2.75) is 11.4 Å². The number of amides is 1. The van der Waals surface area contributed by atoms with Gasteiger partial charge in [-0.2, -0.15) is 0 Å². The fourth-order valence-corrected chi connectivity index (χ4v) is 4.29. The Bertz CT molecular complexity index is 1050. The molecule has 3 rings (SSSR count). The van der Waals surface area contributed by atoms with Crippen LogP contribution < -0.4 is 10.0 Å². The summed E-state index contributed by atoms with van der Waals surface area (Å²) in [7, 11) is -4.07. The van der Waals surface area contributed by atoms with Gasteiger partial charge >= 0.3 is 0 Å². The second kappa shape index (κ2) is 7.80. The molecule has 2 aromatic carbocycles. The molecule has 0 saturated heterocycles. The first-order valence-electron chi connectivity index (χ1n) is 7.61. The van der Waals surface area contributed by atoms with Crippen LogP contribution in [0, 0.1) is 11.6 Å². The van der Waals surface area contributed by atoms with E-state index in [2.05, 4.69) is 15.0 Å². The van der Waals surface area contributed by atoms with Crippen LogP contribution in [0.4, 0.5) is 13.9 Å². The van der Waals surface area contributed by atoms with Crippen LogP contribution >= 0.6 is 11.3 Å². The lowest BCUT2D eigenvalue weighted by Crippen LogP contribution is -2.27. The van der Waals surface area contributed by atoms with Crippen molar-refractivity contribution in [2.75, 3.05) is 4.72 Å². The fraction of sp³-hybridized carbons (Fsp3) is 0.0588. The zero-order chi connectivity index (χ0) is 19.4. The third-order valence-electron chi connectivity index (χ3n) is 3.56. The molecule has 2 N–H and O–H groups in total. The Morgan fingerprint density at radius 2 is 1.78 bits per heavy atom. The fourth-order valence-electron chi connectivity index (χ4n) is 2.30. The number of thiazole rings is 1. The largest absolute Gasteiger partial charge is 0.348 e. The lowest BCUT2D eigenvalue weighted by molar-refractivity contribution is 0.0947. The number of nitrogens with zero attached hydrogens (tertiary/aromatic N) is 1. The first-order chi connectivity index (χ1) is 12.9. The first kappa shape index (κ1) is 18.9. The van der Waals surface area contributed by atoms with Gasteiger partial charge in [-0.3, -0.25) is 9.52 Å². The van der Waals surface area contributed by atoms with Gasteiger partial charge in [0.1, 0.15) is 16.5 Å². The first-order valence-corrected chi connectivity index (χ1v) is 9.97. The third kappa shape index (κ3) is 4.29. The molecule has 1 aromatic heterocycles. The number of anilines is 1. The quantitative estimate of drug-likeness (QED) is 0.655. The van der Waals surface area contributed by atoms with Crippen molar-refractivity contribution in [2.24, 2.45) is 0 Å². The topological polar surface area (TPSA) is 88.2 Å². The summed E-state index contributed by atoms with van der Waals surface area (Å²) < 4.78 is 54.8. The molecule has 27 heavy (non-hydrogen) atoms. The monoisotopic (exact) mass is 409 g/mol. The van der Waals surface area contributed by atoms with E-state index in [1.54, 1.807) is 5.38 Å². The van der Waals surface area contributed by atoms with Crippen LogP contribution in [0.5, 0.6) is 0 Å². The smallest absolute Gasteiger partial charge is 0.264 e.